The van der Waals surface area contributed by atoms with E-state index in [9.17, 15) is 9.59 Å². The number of hydrogen-bond acceptors (Lipinski definition) is 4. The summed E-state index contributed by atoms with van der Waals surface area (Å²) >= 11 is 0. The van der Waals surface area contributed by atoms with Crippen LogP contribution in [0.1, 0.15) is 227 Å². The van der Waals surface area contributed by atoms with Gasteiger partial charge in [-0.25, -0.2) is 0 Å². The smallest absolute Gasteiger partial charge is 0.308 e. The Balaban J connectivity index is 3.63. The van der Waals surface area contributed by atoms with Crippen molar-refractivity contribution in [2.45, 2.75) is 234 Å². The quantitative estimate of drug-likeness (QED) is 0.0407. The second-order valence-electron chi connectivity index (χ2n) is 14.5. The first-order valence-electron chi connectivity index (χ1n) is 19.7. The van der Waals surface area contributed by atoms with Gasteiger partial charge in [-0.1, -0.05) is 189 Å². The highest BCUT2D eigenvalue weighted by atomic mass is 16.7. The largest absolute Gasteiger partial charge is 0.425 e. The van der Waals surface area contributed by atoms with Crippen molar-refractivity contribution in [3.05, 3.63) is 0 Å². The van der Waals surface area contributed by atoms with E-state index >= 15 is 0 Å². The molecule has 0 N–H and O–H groups in total. The summed E-state index contributed by atoms with van der Waals surface area (Å²) in [7, 11) is 0. The van der Waals surface area contributed by atoms with Crippen LogP contribution < -0.4 is 0 Å². The molecule has 0 heterocycles. The molecule has 0 amide bonds. The van der Waals surface area contributed by atoms with E-state index in [0.29, 0.717) is 19.3 Å². The molecular formula is C40H78O4. The van der Waals surface area contributed by atoms with E-state index in [-0.39, 0.29) is 11.9 Å². The number of carbonyl (C=O) groups excluding carboxylic acids is 2. The molecule has 44 heavy (non-hydrogen) atoms. The van der Waals surface area contributed by atoms with E-state index in [2.05, 4.69) is 27.7 Å². The average Bonchev–Trinajstić information content (AvgIpc) is 2.97. The van der Waals surface area contributed by atoms with E-state index in [0.717, 1.165) is 43.9 Å². The molecule has 0 spiro atoms. The Bertz CT molecular complexity index is 564. The van der Waals surface area contributed by atoms with Gasteiger partial charge in [0.25, 0.3) is 0 Å². The molecule has 262 valence electrons. The Kier molecular flexibility index (Phi) is 32.5. The van der Waals surface area contributed by atoms with Crippen molar-refractivity contribution in [2.24, 2.45) is 11.8 Å². The fraction of sp³-hybridized carbons (Fsp3) is 0.950. The van der Waals surface area contributed by atoms with Crippen LogP contribution in [0, 0.1) is 11.8 Å². The maximum atomic E-state index is 12.3. The predicted octanol–water partition coefficient (Wildman–Crippen LogP) is 13.4. The number of esters is 2. The van der Waals surface area contributed by atoms with Crippen LogP contribution in [-0.2, 0) is 19.1 Å². The van der Waals surface area contributed by atoms with Crippen molar-refractivity contribution < 1.29 is 19.1 Å². The minimum absolute atomic E-state index is 0.226. The summed E-state index contributed by atoms with van der Waals surface area (Å²) in [6.45, 7) is 11.3. The van der Waals surface area contributed by atoms with Gasteiger partial charge in [-0.2, -0.15) is 0 Å². The molecule has 4 nitrogen and oxygen atoms in total. The number of unbranched alkanes of at least 4 members (excludes halogenated alkanes) is 22. The van der Waals surface area contributed by atoms with Crippen LogP contribution in [0.15, 0.2) is 0 Å². The van der Waals surface area contributed by atoms with Gasteiger partial charge in [0.2, 0.25) is 6.29 Å². The summed E-state index contributed by atoms with van der Waals surface area (Å²) in [5.74, 6) is 1.24. The van der Waals surface area contributed by atoms with Crippen molar-refractivity contribution in [2.75, 3.05) is 0 Å². The standard InChI is InChI=1S/C40H78O4/c1-6-31-40(43-38(41)34-29-25-21-17-13-9-7-11-15-19-23-27-32-36(2)3)44-39(42)35-30-26-22-18-14-10-8-12-16-20-24-28-33-37(4)5/h36-37,40H,6-35H2,1-5H3. The molecule has 0 aromatic carbocycles. The molecule has 0 saturated carbocycles. The first kappa shape index (κ1) is 42.9. The molecule has 0 atom stereocenters. The molecule has 0 bridgehead atoms. The highest BCUT2D eigenvalue weighted by molar-refractivity contribution is 5.71. The summed E-state index contributed by atoms with van der Waals surface area (Å²) in [5, 5.41) is 0. The van der Waals surface area contributed by atoms with Gasteiger partial charge in [-0.05, 0) is 31.1 Å². The molecule has 4 heteroatoms. The van der Waals surface area contributed by atoms with Gasteiger partial charge in [0.1, 0.15) is 0 Å². The predicted molar refractivity (Wildman–Crippen MR) is 190 cm³/mol. The zero-order valence-corrected chi connectivity index (χ0v) is 30.6. The molecule has 0 saturated heterocycles. The van der Waals surface area contributed by atoms with Gasteiger partial charge in [0, 0.05) is 19.3 Å². The minimum Gasteiger partial charge on any atom is -0.425 e. The third-order valence-electron chi connectivity index (χ3n) is 8.87. The Morgan fingerprint density at radius 2 is 0.636 bits per heavy atom. The second-order valence-corrected chi connectivity index (χ2v) is 14.5. The molecule has 0 aromatic heterocycles. The third kappa shape index (κ3) is 33.8. The summed E-state index contributed by atoms with van der Waals surface area (Å²) in [6, 6.07) is 0. The van der Waals surface area contributed by atoms with E-state index in [1.54, 1.807) is 0 Å². The van der Waals surface area contributed by atoms with E-state index in [4.69, 9.17) is 9.47 Å². The van der Waals surface area contributed by atoms with E-state index in [1.165, 1.54) is 141 Å². The summed E-state index contributed by atoms with van der Waals surface area (Å²) in [4.78, 5) is 24.7. The maximum Gasteiger partial charge on any atom is 0.308 e. The van der Waals surface area contributed by atoms with Crippen molar-refractivity contribution in [3.8, 4) is 0 Å². The Morgan fingerprint density at radius 3 is 0.886 bits per heavy atom. The number of rotatable bonds is 34. The first-order chi connectivity index (χ1) is 21.3. The van der Waals surface area contributed by atoms with Crippen LogP contribution in [0.3, 0.4) is 0 Å². The van der Waals surface area contributed by atoms with Crippen LogP contribution >= 0.6 is 0 Å². The van der Waals surface area contributed by atoms with Crippen LogP contribution in [0.5, 0.6) is 0 Å². The molecular weight excluding hydrogens is 544 g/mol. The molecule has 0 aliphatic rings. The zero-order valence-electron chi connectivity index (χ0n) is 30.6. The van der Waals surface area contributed by atoms with Gasteiger partial charge < -0.3 is 9.47 Å². The lowest BCUT2D eigenvalue weighted by Gasteiger charge is -2.18. The molecule has 0 aliphatic carbocycles. The zero-order chi connectivity index (χ0) is 32.5. The summed E-state index contributed by atoms with van der Waals surface area (Å²) in [6.07, 6.45) is 35.1. The Labute approximate surface area is 276 Å². The van der Waals surface area contributed by atoms with Gasteiger partial charge in [0.05, 0.1) is 0 Å². The van der Waals surface area contributed by atoms with Crippen molar-refractivity contribution in [3.63, 3.8) is 0 Å². The van der Waals surface area contributed by atoms with Crippen molar-refractivity contribution >= 4 is 11.9 Å². The van der Waals surface area contributed by atoms with Gasteiger partial charge in [-0.15, -0.1) is 0 Å². The lowest BCUT2D eigenvalue weighted by molar-refractivity contribution is -0.189. The highest BCUT2D eigenvalue weighted by Gasteiger charge is 2.18. The fourth-order valence-electron chi connectivity index (χ4n) is 5.97. The average molecular weight is 623 g/mol. The fourth-order valence-corrected chi connectivity index (χ4v) is 5.97. The first-order valence-corrected chi connectivity index (χ1v) is 19.7. The van der Waals surface area contributed by atoms with Crippen LogP contribution in [0.4, 0.5) is 0 Å². The lowest BCUT2D eigenvalue weighted by Crippen LogP contribution is -2.24. The second kappa shape index (κ2) is 33.3. The lowest BCUT2D eigenvalue weighted by atomic mass is 10.0. The number of hydrogen-bond donors (Lipinski definition) is 0. The Hall–Kier alpha value is -1.06. The van der Waals surface area contributed by atoms with Crippen LogP contribution in [0.25, 0.3) is 0 Å². The number of carbonyl (C=O) groups is 2. The van der Waals surface area contributed by atoms with Crippen LogP contribution in [-0.4, -0.2) is 18.2 Å². The third-order valence-corrected chi connectivity index (χ3v) is 8.87. The molecule has 0 unspecified atom stereocenters. The Morgan fingerprint density at radius 1 is 0.386 bits per heavy atom. The minimum atomic E-state index is -0.717. The van der Waals surface area contributed by atoms with Gasteiger partial charge >= 0.3 is 11.9 Å². The normalized spacial score (nSPS) is 11.6. The van der Waals surface area contributed by atoms with Crippen LogP contribution in [0.2, 0.25) is 0 Å². The SMILES string of the molecule is CCCC(OC(=O)CCCCCCCCCCCCCCC(C)C)OC(=O)CCCCCCCCCCCCCCC(C)C. The molecule has 0 rings (SSSR count). The van der Waals surface area contributed by atoms with E-state index < -0.39 is 6.29 Å². The number of ether oxygens (including phenoxy) is 2. The summed E-state index contributed by atoms with van der Waals surface area (Å²) < 4.78 is 11.1. The van der Waals surface area contributed by atoms with E-state index in [1.807, 2.05) is 6.92 Å². The highest BCUT2D eigenvalue weighted by Crippen LogP contribution is 2.17. The topological polar surface area (TPSA) is 52.6 Å². The molecule has 0 fully saturated rings. The molecule has 0 aliphatic heterocycles. The van der Waals surface area contributed by atoms with Gasteiger partial charge in [0.15, 0.2) is 0 Å². The maximum absolute atomic E-state index is 12.3. The molecule has 0 radical (unpaired) electrons. The van der Waals surface area contributed by atoms with Crippen molar-refractivity contribution in [1.82, 2.24) is 0 Å². The monoisotopic (exact) mass is 623 g/mol. The van der Waals surface area contributed by atoms with Gasteiger partial charge in [-0.3, -0.25) is 9.59 Å². The van der Waals surface area contributed by atoms with Crippen molar-refractivity contribution in [1.29, 1.82) is 0 Å². The molecule has 0 aromatic rings. The summed E-state index contributed by atoms with van der Waals surface area (Å²) in [5.41, 5.74) is 0.